The molecule has 1 aromatic heterocycles. The lowest BCUT2D eigenvalue weighted by molar-refractivity contribution is -0.139. The number of rotatable bonds is 10. The molecule has 1 N–H and O–H groups in total. The highest BCUT2D eigenvalue weighted by Gasteiger charge is 2.39. The molecule has 11 heteroatoms. The highest BCUT2D eigenvalue weighted by Crippen LogP contribution is 2.32. The van der Waals surface area contributed by atoms with Gasteiger partial charge >= 0.3 is 0 Å². The lowest BCUT2D eigenvalue weighted by Gasteiger charge is -2.32. The van der Waals surface area contributed by atoms with Gasteiger partial charge in [0.05, 0.1) is 23.5 Å². The number of nitrogens with zero attached hydrogens (tertiary/aromatic N) is 4. The van der Waals surface area contributed by atoms with Crippen LogP contribution in [0.2, 0.25) is 0 Å². The number of amides is 3. The number of nitrogens with one attached hydrogen (secondary N) is 1. The van der Waals surface area contributed by atoms with E-state index in [1.54, 1.807) is 30.3 Å². The third kappa shape index (κ3) is 6.66. The Morgan fingerprint density at radius 2 is 1.57 bits per heavy atom. The lowest BCUT2D eigenvalue weighted by Crippen LogP contribution is -2.46. The number of hydrogen-bond donors (Lipinski definition) is 1. The molecule has 236 valence electrons. The third-order valence-electron chi connectivity index (χ3n) is 7.82. The average Bonchev–Trinajstić information content (AvgIpc) is 3.65. The van der Waals surface area contributed by atoms with Gasteiger partial charge in [0.15, 0.2) is 0 Å². The van der Waals surface area contributed by atoms with E-state index < -0.39 is 41.9 Å². The first-order chi connectivity index (χ1) is 22.7. The molecule has 3 amide bonds. The zero-order chi connectivity index (χ0) is 33.1. The number of thiazole rings is 1. The van der Waals surface area contributed by atoms with Crippen LogP contribution in [0.5, 0.6) is 0 Å². The summed E-state index contributed by atoms with van der Waals surface area (Å²) in [5.74, 6) is -3.20. The first kappa shape index (κ1) is 31.3. The Labute approximate surface area is 274 Å². The maximum atomic E-state index is 14.3. The van der Waals surface area contributed by atoms with Crippen LogP contribution in [0.3, 0.4) is 0 Å². The summed E-state index contributed by atoms with van der Waals surface area (Å²) in [4.78, 5) is 63.4. The SMILES string of the molecule is CN(C)c1ccc(NC(=O)[C@H](c2ccc(F)cc2)N(Cc2nc(-c3ccccc3)cs2)C(=O)CN2C(=O)C(=O)c3ccccc32)cc1. The Balaban J connectivity index is 1.38. The van der Waals surface area contributed by atoms with Crippen LogP contribution in [-0.2, 0) is 20.9 Å². The van der Waals surface area contributed by atoms with Gasteiger partial charge in [-0.15, -0.1) is 11.3 Å². The summed E-state index contributed by atoms with van der Waals surface area (Å²) in [6.45, 7) is -0.593. The lowest BCUT2D eigenvalue weighted by atomic mass is 10.0. The van der Waals surface area contributed by atoms with Crippen LogP contribution in [0.1, 0.15) is 27.0 Å². The summed E-state index contributed by atoms with van der Waals surface area (Å²) in [7, 11) is 3.81. The highest BCUT2D eigenvalue weighted by molar-refractivity contribution is 7.09. The van der Waals surface area contributed by atoms with Gasteiger partial charge in [-0.05, 0) is 54.1 Å². The molecule has 1 aliphatic rings. The van der Waals surface area contributed by atoms with E-state index in [4.69, 9.17) is 4.98 Å². The molecule has 4 aromatic carbocycles. The number of hydrogen-bond acceptors (Lipinski definition) is 7. The Kier molecular flexibility index (Phi) is 8.90. The summed E-state index contributed by atoms with van der Waals surface area (Å²) in [5, 5.41) is 5.31. The van der Waals surface area contributed by atoms with Crippen LogP contribution >= 0.6 is 11.3 Å². The quantitative estimate of drug-likeness (QED) is 0.188. The molecule has 1 atom stereocenters. The maximum absolute atomic E-state index is 14.3. The first-order valence-corrected chi connectivity index (χ1v) is 15.7. The summed E-state index contributed by atoms with van der Waals surface area (Å²) < 4.78 is 14.1. The van der Waals surface area contributed by atoms with Crippen molar-refractivity contribution < 1.29 is 23.6 Å². The molecule has 47 heavy (non-hydrogen) atoms. The second kappa shape index (κ2) is 13.4. The monoisotopic (exact) mass is 647 g/mol. The van der Waals surface area contributed by atoms with Crippen molar-refractivity contribution >= 4 is 51.9 Å². The van der Waals surface area contributed by atoms with Crippen LogP contribution in [0.4, 0.5) is 21.5 Å². The van der Waals surface area contributed by atoms with Gasteiger partial charge in [-0.2, -0.15) is 0 Å². The summed E-state index contributed by atoms with van der Waals surface area (Å²) >= 11 is 1.32. The Bertz CT molecular complexity index is 1940. The number of halogens is 1. The van der Waals surface area contributed by atoms with E-state index in [2.05, 4.69) is 5.32 Å². The zero-order valence-electron chi connectivity index (χ0n) is 25.6. The van der Waals surface area contributed by atoms with Crippen LogP contribution in [0.15, 0.2) is 109 Å². The van der Waals surface area contributed by atoms with Gasteiger partial charge < -0.3 is 15.1 Å². The maximum Gasteiger partial charge on any atom is 0.299 e. The first-order valence-electron chi connectivity index (χ1n) is 14.8. The second-order valence-corrected chi connectivity index (χ2v) is 12.1. The molecular weight excluding hydrogens is 617 g/mol. The van der Waals surface area contributed by atoms with Crippen molar-refractivity contribution in [2.75, 3.05) is 35.8 Å². The standard InChI is InChI=1S/C36H30FN5O4S/c1-40(2)27-18-16-26(17-19-27)38-35(45)33(24-12-14-25(37)15-13-24)42(20-31-39-29(22-47-31)23-8-4-3-5-9-23)32(43)21-41-30-11-7-6-10-28(30)34(44)36(41)46/h3-19,22,33H,20-21H2,1-2H3,(H,38,45)/t33-/m0/s1. The number of carbonyl (C=O) groups is 4. The number of benzene rings is 4. The molecule has 9 nitrogen and oxygen atoms in total. The van der Waals surface area contributed by atoms with Crippen molar-refractivity contribution in [3.8, 4) is 11.3 Å². The minimum atomic E-state index is -1.25. The molecule has 0 saturated heterocycles. The van der Waals surface area contributed by atoms with Crippen molar-refractivity contribution in [2.45, 2.75) is 12.6 Å². The molecule has 5 aromatic rings. The van der Waals surface area contributed by atoms with Gasteiger partial charge in [-0.3, -0.25) is 24.1 Å². The number of para-hydroxylation sites is 1. The van der Waals surface area contributed by atoms with Crippen molar-refractivity contribution in [1.29, 1.82) is 0 Å². The fourth-order valence-corrected chi connectivity index (χ4v) is 6.20. The number of ketones is 1. The zero-order valence-corrected chi connectivity index (χ0v) is 26.4. The Morgan fingerprint density at radius 1 is 0.894 bits per heavy atom. The van der Waals surface area contributed by atoms with Crippen molar-refractivity contribution in [2.24, 2.45) is 0 Å². The number of carbonyl (C=O) groups excluding carboxylic acids is 4. The number of anilines is 3. The van der Waals surface area contributed by atoms with E-state index in [0.29, 0.717) is 27.6 Å². The van der Waals surface area contributed by atoms with Crippen LogP contribution in [0, 0.1) is 5.82 Å². The van der Waals surface area contributed by atoms with Crippen LogP contribution < -0.4 is 15.1 Å². The molecule has 2 heterocycles. The molecule has 0 spiro atoms. The summed E-state index contributed by atoms with van der Waals surface area (Å²) in [6, 6.07) is 27.3. The van der Waals surface area contributed by atoms with Crippen LogP contribution in [-0.4, -0.2) is 54.0 Å². The van der Waals surface area contributed by atoms with Gasteiger partial charge in [0.1, 0.15) is 23.4 Å². The Morgan fingerprint density at radius 3 is 2.28 bits per heavy atom. The van der Waals surface area contributed by atoms with E-state index in [1.807, 2.05) is 66.8 Å². The average molecular weight is 648 g/mol. The van der Waals surface area contributed by atoms with Crippen molar-refractivity contribution in [3.05, 3.63) is 130 Å². The predicted molar refractivity (Wildman–Crippen MR) is 180 cm³/mol. The molecule has 0 aliphatic carbocycles. The molecule has 0 fully saturated rings. The van der Waals surface area contributed by atoms with Gasteiger partial charge in [0, 0.05) is 36.4 Å². The second-order valence-electron chi connectivity index (χ2n) is 11.1. The summed E-state index contributed by atoms with van der Waals surface area (Å²) in [6.07, 6.45) is 0. The van der Waals surface area contributed by atoms with Crippen molar-refractivity contribution in [1.82, 2.24) is 9.88 Å². The molecule has 6 rings (SSSR count). The highest BCUT2D eigenvalue weighted by atomic mass is 32.1. The topological polar surface area (TPSA) is 103 Å². The minimum absolute atomic E-state index is 0.0943. The third-order valence-corrected chi connectivity index (χ3v) is 8.65. The van der Waals surface area contributed by atoms with E-state index in [9.17, 15) is 23.6 Å². The van der Waals surface area contributed by atoms with Crippen LogP contribution in [0.25, 0.3) is 11.3 Å². The van der Waals surface area contributed by atoms with Gasteiger partial charge in [-0.25, -0.2) is 9.37 Å². The fraction of sp³-hybridized carbons (Fsp3) is 0.139. The molecule has 0 unspecified atom stereocenters. The van der Waals surface area contributed by atoms with Crippen molar-refractivity contribution in [3.63, 3.8) is 0 Å². The molecule has 0 radical (unpaired) electrons. The molecular formula is C36H30FN5O4S. The molecule has 0 saturated carbocycles. The van der Waals surface area contributed by atoms with E-state index in [0.717, 1.165) is 16.2 Å². The van der Waals surface area contributed by atoms with E-state index in [-0.39, 0.29) is 12.1 Å². The predicted octanol–water partition coefficient (Wildman–Crippen LogP) is 5.95. The Hall–Kier alpha value is -5.68. The largest absolute Gasteiger partial charge is 0.378 e. The number of aromatic nitrogens is 1. The number of fused-ring (bicyclic) bond motifs is 1. The van der Waals surface area contributed by atoms with Gasteiger partial charge in [0.25, 0.3) is 17.6 Å². The van der Waals surface area contributed by atoms with Gasteiger partial charge in [0.2, 0.25) is 5.91 Å². The van der Waals surface area contributed by atoms with Gasteiger partial charge in [-0.1, -0.05) is 54.6 Å². The molecule has 0 bridgehead atoms. The molecule has 1 aliphatic heterocycles. The number of Topliss-reactive ketones (excluding diaryl/α,β-unsaturated/α-hetero) is 1. The smallest absolute Gasteiger partial charge is 0.299 e. The summed E-state index contributed by atoms with van der Waals surface area (Å²) in [5.41, 5.74) is 3.90. The van der Waals surface area contributed by atoms with E-state index >= 15 is 0 Å². The van der Waals surface area contributed by atoms with E-state index in [1.165, 1.54) is 46.6 Å². The normalized spacial score (nSPS) is 12.9. The fourth-order valence-electron chi connectivity index (χ4n) is 5.40. The minimum Gasteiger partial charge on any atom is -0.378 e.